The lowest BCUT2D eigenvalue weighted by Crippen LogP contribution is -2.26. The van der Waals surface area contributed by atoms with Crippen LogP contribution in [0.4, 0.5) is 0 Å². The summed E-state index contributed by atoms with van der Waals surface area (Å²) in [6.45, 7) is 4.59. The van der Waals surface area contributed by atoms with Crippen molar-refractivity contribution in [2.45, 2.75) is 57.8 Å². The quantitative estimate of drug-likeness (QED) is 0.780. The van der Waals surface area contributed by atoms with E-state index in [0.717, 1.165) is 19.0 Å². The summed E-state index contributed by atoms with van der Waals surface area (Å²) in [5, 5.41) is 7.08. The molecule has 0 radical (unpaired) electrons. The molecule has 0 atom stereocenters. The van der Waals surface area contributed by atoms with Crippen LogP contribution < -0.4 is 5.32 Å². The third-order valence-corrected chi connectivity index (χ3v) is 4.60. The van der Waals surface area contributed by atoms with Gasteiger partial charge in [-0.3, -0.25) is 0 Å². The van der Waals surface area contributed by atoms with Gasteiger partial charge in [-0.2, -0.15) is 0 Å². The summed E-state index contributed by atoms with van der Waals surface area (Å²) in [5.41, 5.74) is 1.33. The Bertz CT molecular complexity index is 316. The first kappa shape index (κ1) is 13.0. The second-order valence-electron chi connectivity index (χ2n) is 5.01. The maximum Gasteiger partial charge on any atom is 0.0960 e. The highest BCUT2D eigenvalue weighted by Gasteiger charge is 2.18. The van der Waals surface area contributed by atoms with Crippen LogP contribution in [-0.2, 0) is 6.42 Å². The highest BCUT2D eigenvalue weighted by Crippen LogP contribution is 2.28. The fourth-order valence-corrected chi connectivity index (χ4v) is 3.45. The maximum atomic E-state index is 4.82. The highest BCUT2D eigenvalue weighted by molar-refractivity contribution is 7.09. The number of nitrogens with zero attached hydrogens (tertiary/aromatic N) is 1. The van der Waals surface area contributed by atoms with E-state index in [-0.39, 0.29) is 0 Å². The topological polar surface area (TPSA) is 24.9 Å². The van der Waals surface area contributed by atoms with E-state index in [1.54, 1.807) is 0 Å². The predicted octanol–water partition coefficient (Wildman–Crippen LogP) is 3.73. The normalized spacial score (nSPS) is 17.5. The van der Waals surface area contributed by atoms with Crippen molar-refractivity contribution < 1.29 is 0 Å². The molecule has 0 aliphatic carbocycles. The van der Waals surface area contributed by atoms with Crippen LogP contribution in [0.25, 0.3) is 0 Å². The molecule has 1 fully saturated rings. The van der Waals surface area contributed by atoms with Gasteiger partial charge in [-0.05, 0) is 38.8 Å². The van der Waals surface area contributed by atoms with E-state index in [1.807, 2.05) is 11.3 Å². The van der Waals surface area contributed by atoms with Crippen LogP contribution in [-0.4, -0.2) is 18.1 Å². The van der Waals surface area contributed by atoms with Crippen LogP contribution in [0.2, 0.25) is 0 Å². The summed E-state index contributed by atoms with van der Waals surface area (Å²) < 4.78 is 0. The Morgan fingerprint density at radius 2 is 2.12 bits per heavy atom. The van der Waals surface area contributed by atoms with Gasteiger partial charge in [0.25, 0.3) is 0 Å². The fourth-order valence-electron chi connectivity index (χ4n) is 2.43. The summed E-state index contributed by atoms with van der Waals surface area (Å²) in [5.74, 6) is 0.727. The van der Waals surface area contributed by atoms with E-state index in [2.05, 4.69) is 17.6 Å². The van der Waals surface area contributed by atoms with Crippen molar-refractivity contribution >= 4 is 11.3 Å². The zero-order valence-corrected chi connectivity index (χ0v) is 11.7. The van der Waals surface area contributed by atoms with Crippen LogP contribution in [0, 0.1) is 0 Å². The molecule has 1 aliphatic rings. The number of thiazole rings is 1. The largest absolute Gasteiger partial charge is 0.317 e. The Morgan fingerprint density at radius 1 is 1.29 bits per heavy atom. The lowest BCUT2D eigenvalue weighted by atomic mass is 9.99. The van der Waals surface area contributed by atoms with Gasteiger partial charge in [-0.15, -0.1) is 11.3 Å². The van der Waals surface area contributed by atoms with Crippen molar-refractivity contribution in [1.82, 2.24) is 10.3 Å². The van der Waals surface area contributed by atoms with Gasteiger partial charge in [-0.25, -0.2) is 4.98 Å². The molecule has 0 aromatic carbocycles. The van der Waals surface area contributed by atoms with Gasteiger partial charge in [-0.1, -0.05) is 26.2 Å². The van der Waals surface area contributed by atoms with E-state index in [9.17, 15) is 0 Å². The summed E-state index contributed by atoms with van der Waals surface area (Å²) in [7, 11) is 0. The lowest BCUT2D eigenvalue weighted by molar-refractivity contribution is 0.458. The van der Waals surface area contributed by atoms with Crippen LogP contribution in [0.3, 0.4) is 0 Å². The fraction of sp³-hybridized carbons (Fsp3) is 0.786. The minimum Gasteiger partial charge on any atom is -0.317 e. The molecule has 2 nitrogen and oxygen atoms in total. The summed E-state index contributed by atoms with van der Waals surface area (Å²) >= 11 is 1.88. The molecule has 1 aromatic heterocycles. The van der Waals surface area contributed by atoms with Gasteiger partial charge in [0.15, 0.2) is 0 Å². The van der Waals surface area contributed by atoms with Crippen LogP contribution >= 0.6 is 11.3 Å². The maximum absolute atomic E-state index is 4.82. The number of hydrogen-bond donors (Lipinski definition) is 1. The first-order valence-electron chi connectivity index (χ1n) is 7.05. The molecule has 0 saturated carbocycles. The number of hydrogen-bond acceptors (Lipinski definition) is 3. The molecular weight excluding hydrogens is 228 g/mol. The van der Waals surface area contributed by atoms with Gasteiger partial charge in [0.1, 0.15) is 0 Å². The third-order valence-electron chi connectivity index (χ3n) is 3.54. The zero-order chi connectivity index (χ0) is 11.9. The highest BCUT2D eigenvalue weighted by atomic mass is 32.1. The monoisotopic (exact) mass is 252 g/mol. The molecule has 2 heterocycles. The molecule has 0 bridgehead atoms. The van der Waals surface area contributed by atoms with Gasteiger partial charge in [0.2, 0.25) is 0 Å². The molecule has 0 spiro atoms. The van der Waals surface area contributed by atoms with E-state index >= 15 is 0 Å². The van der Waals surface area contributed by atoms with E-state index in [0.29, 0.717) is 0 Å². The van der Waals surface area contributed by atoms with Crippen molar-refractivity contribution in [3.8, 4) is 0 Å². The number of nitrogens with one attached hydrogen (secondary N) is 1. The Morgan fingerprint density at radius 3 is 2.88 bits per heavy atom. The Kier molecular flexibility index (Phi) is 5.46. The molecule has 1 saturated heterocycles. The molecule has 2 rings (SSSR count). The molecule has 1 N–H and O–H groups in total. The van der Waals surface area contributed by atoms with Crippen LogP contribution in [0.15, 0.2) is 5.38 Å². The minimum absolute atomic E-state index is 0.727. The number of unbranched alkanes of at least 4 members (excludes halogenated alkanes) is 3. The summed E-state index contributed by atoms with van der Waals surface area (Å²) in [4.78, 5) is 4.82. The predicted molar refractivity (Wildman–Crippen MR) is 74.8 cm³/mol. The lowest BCUT2D eigenvalue weighted by Gasteiger charge is -2.20. The summed E-state index contributed by atoms with van der Waals surface area (Å²) in [6.07, 6.45) is 9.07. The number of aryl methyl sites for hydroxylation is 1. The molecule has 17 heavy (non-hydrogen) atoms. The SMILES string of the molecule is CCCCCCc1csc(C2CCNCC2)n1. The first-order valence-corrected chi connectivity index (χ1v) is 7.93. The van der Waals surface area contributed by atoms with Crippen LogP contribution in [0.5, 0.6) is 0 Å². The number of aromatic nitrogens is 1. The molecule has 0 unspecified atom stereocenters. The molecule has 1 aliphatic heterocycles. The van der Waals surface area contributed by atoms with Crippen molar-refractivity contribution in [1.29, 1.82) is 0 Å². The van der Waals surface area contributed by atoms with Gasteiger partial charge >= 0.3 is 0 Å². The zero-order valence-electron chi connectivity index (χ0n) is 10.9. The van der Waals surface area contributed by atoms with E-state index in [4.69, 9.17) is 4.98 Å². The molecule has 96 valence electrons. The minimum atomic E-state index is 0.727. The number of piperidine rings is 1. The Balaban J connectivity index is 1.78. The van der Waals surface area contributed by atoms with E-state index in [1.165, 1.54) is 55.6 Å². The molecule has 1 aromatic rings. The average Bonchev–Trinajstić information content (AvgIpc) is 2.85. The Hall–Kier alpha value is -0.410. The van der Waals surface area contributed by atoms with Crippen molar-refractivity contribution in [3.63, 3.8) is 0 Å². The van der Waals surface area contributed by atoms with Crippen molar-refractivity contribution in [2.24, 2.45) is 0 Å². The van der Waals surface area contributed by atoms with Gasteiger partial charge in [0, 0.05) is 11.3 Å². The summed E-state index contributed by atoms with van der Waals surface area (Å²) in [6, 6.07) is 0. The average molecular weight is 252 g/mol. The van der Waals surface area contributed by atoms with Crippen LogP contribution in [0.1, 0.15) is 62.1 Å². The second kappa shape index (κ2) is 7.12. The van der Waals surface area contributed by atoms with Gasteiger partial charge in [0.05, 0.1) is 10.7 Å². The smallest absolute Gasteiger partial charge is 0.0960 e. The molecule has 3 heteroatoms. The second-order valence-corrected chi connectivity index (χ2v) is 5.90. The first-order chi connectivity index (χ1) is 8.40. The third kappa shape index (κ3) is 4.07. The van der Waals surface area contributed by atoms with E-state index < -0.39 is 0 Å². The Labute approximate surface area is 109 Å². The van der Waals surface area contributed by atoms with Crippen molar-refractivity contribution in [2.75, 3.05) is 13.1 Å². The van der Waals surface area contributed by atoms with Gasteiger partial charge < -0.3 is 5.32 Å². The number of rotatable bonds is 6. The molecule has 0 amide bonds. The standard InChI is InChI=1S/C14H24N2S/c1-2-3-4-5-6-13-11-17-14(16-13)12-7-9-15-10-8-12/h11-12,15H,2-10H2,1H3. The van der Waals surface area contributed by atoms with Crippen molar-refractivity contribution in [3.05, 3.63) is 16.1 Å². The molecular formula is C14H24N2S.